The Morgan fingerprint density at radius 2 is 2.09 bits per heavy atom. The quantitative estimate of drug-likeness (QED) is 0.875. The van der Waals surface area contributed by atoms with Crippen molar-refractivity contribution in [2.75, 3.05) is 20.8 Å². The van der Waals surface area contributed by atoms with Crippen LogP contribution in [0.5, 0.6) is 11.5 Å². The molecule has 118 valence electrons. The zero-order chi connectivity index (χ0) is 15.7. The molecule has 0 amide bonds. The van der Waals surface area contributed by atoms with Crippen LogP contribution in [0, 0.1) is 4.77 Å². The Hall–Kier alpha value is -1.86. The van der Waals surface area contributed by atoms with Crippen molar-refractivity contribution in [3.63, 3.8) is 0 Å². The Morgan fingerprint density at radius 3 is 2.73 bits per heavy atom. The number of ether oxygens (including phenoxy) is 3. The molecule has 0 aliphatic carbocycles. The highest BCUT2D eigenvalue weighted by Crippen LogP contribution is 2.30. The molecule has 2 aromatic rings. The predicted octanol–water partition coefficient (Wildman–Crippen LogP) is 2.26. The third kappa shape index (κ3) is 2.62. The topological polar surface area (TPSA) is 65.5 Å². The Kier molecular flexibility index (Phi) is 4.17. The zero-order valence-corrected chi connectivity index (χ0v) is 13.4. The van der Waals surface area contributed by atoms with Gasteiger partial charge in [0.2, 0.25) is 0 Å². The van der Waals surface area contributed by atoms with Gasteiger partial charge in [-0.2, -0.15) is 0 Å². The summed E-state index contributed by atoms with van der Waals surface area (Å²) in [7, 11) is 3.09. The van der Waals surface area contributed by atoms with Crippen LogP contribution < -0.4 is 15.0 Å². The van der Waals surface area contributed by atoms with Crippen LogP contribution in [0.25, 0.3) is 10.9 Å². The summed E-state index contributed by atoms with van der Waals surface area (Å²) in [6.45, 7) is 1.22. The molecule has 22 heavy (non-hydrogen) atoms. The molecule has 1 fully saturated rings. The molecule has 1 saturated heterocycles. The van der Waals surface area contributed by atoms with Crippen molar-refractivity contribution in [2.24, 2.45) is 0 Å². The van der Waals surface area contributed by atoms with Crippen LogP contribution in [0.3, 0.4) is 0 Å². The van der Waals surface area contributed by atoms with Gasteiger partial charge in [-0.3, -0.25) is 9.36 Å². The fraction of sp³-hybridized carbons (Fsp3) is 0.467. The van der Waals surface area contributed by atoms with Crippen molar-refractivity contribution in [1.82, 2.24) is 9.55 Å². The number of aromatic amines is 1. The first-order chi connectivity index (χ1) is 10.6. The molecular formula is C15H18N2O4S. The minimum absolute atomic E-state index is 0.0467. The van der Waals surface area contributed by atoms with Crippen molar-refractivity contribution in [3.8, 4) is 11.5 Å². The minimum Gasteiger partial charge on any atom is -0.493 e. The van der Waals surface area contributed by atoms with Crippen LogP contribution in [0.15, 0.2) is 16.9 Å². The molecule has 0 unspecified atom stereocenters. The fourth-order valence-electron chi connectivity index (χ4n) is 2.74. The summed E-state index contributed by atoms with van der Waals surface area (Å²) in [5.41, 5.74) is 0.492. The molecule has 1 atom stereocenters. The van der Waals surface area contributed by atoms with E-state index in [-0.39, 0.29) is 11.7 Å². The average Bonchev–Trinajstić information content (AvgIpc) is 3.03. The van der Waals surface area contributed by atoms with Crippen LogP contribution in [0.4, 0.5) is 0 Å². The lowest BCUT2D eigenvalue weighted by atomic mass is 10.2. The summed E-state index contributed by atoms with van der Waals surface area (Å²) in [6.07, 6.45) is 2.02. The van der Waals surface area contributed by atoms with E-state index < -0.39 is 0 Å². The normalized spacial score (nSPS) is 17.8. The minimum atomic E-state index is -0.143. The molecule has 1 N–H and O–H groups in total. The molecule has 0 bridgehead atoms. The molecule has 6 nitrogen and oxygen atoms in total. The van der Waals surface area contributed by atoms with Crippen molar-refractivity contribution < 1.29 is 14.2 Å². The van der Waals surface area contributed by atoms with Crippen LogP contribution in [-0.2, 0) is 11.3 Å². The van der Waals surface area contributed by atoms with Gasteiger partial charge in [0, 0.05) is 12.7 Å². The smallest absolute Gasteiger partial charge is 0.262 e. The van der Waals surface area contributed by atoms with Crippen molar-refractivity contribution in [3.05, 3.63) is 27.3 Å². The number of nitrogens with one attached hydrogen (secondary N) is 1. The molecule has 1 aliphatic heterocycles. The summed E-state index contributed by atoms with van der Waals surface area (Å²) < 4.78 is 18.1. The molecule has 1 aliphatic rings. The van der Waals surface area contributed by atoms with Crippen molar-refractivity contribution in [1.29, 1.82) is 0 Å². The maximum absolute atomic E-state index is 12.7. The Morgan fingerprint density at radius 1 is 1.36 bits per heavy atom. The van der Waals surface area contributed by atoms with E-state index in [9.17, 15) is 4.79 Å². The second kappa shape index (κ2) is 6.10. The number of hydrogen-bond donors (Lipinski definition) is 1. The number of rotatable bonds is 4. The van der Waals surface area contributed by atoms with Crippen LogP contribution in [0.1, 0.15) is 12.8 Å². The first-order valence-electron chi connectivity index (χ1n) is 7.14. The molecule has 0 spiro atoms. The van der Waals surface area contributed by atoms with E-state index in [4.69, 9.17) is 26.4 Å². The first-order valence-corrected chi connectivity index (χ1v) is 7.55. The second-order valence-corrected chi connectivity index (χ2v) is 5.62. The van der Waals surface area contributed by atoms with E-state index in [0.29, 0.717) is 33.7 Å². The third-order valence-electron chi connectivity index (χ3n) is 3.90. The van der Waals surface area contributed by atoms with Crippen LogP contribution in [-0.4, -0.2) is 36.5 Å². The van der Waals surface area contributed by atoms with Gasteiger partial charge in [-0.05, 0) is 31.1 Å². The van der Waals surface area contributed by atoms with Crippen LogP contribution >= 0.6 is 12.2 Å². The molecule has 3 rings (SSSR count). The van der Waals surface area contributed by atoms with Gasteiger partial charge in [0.25, 0.3) is 5.56 Å². The Labute approximate surface area is 132 Å². The van der Waals surface area contributed by atoms with Gasteiger partial charge in [0.1, 0.15) is 0 Å². The molecular weight excluding hydrogens is 304 g/mol. The summed E-state index contributed by atoms with van der Waals surface area (Å²) in [5, 5.41) is 0.518. The zero-order valence-electron chi connectivity index (χ0n) is 12.5. The lowest BCUT2D eigenvalue weighted by molar-refractivity contribution is 0.0957. The first kappa shape index (κ1) is 15.1. The van der Waals surface area contributed by atoms with Gasteiger partial charge in [-0.15, -0.1) is 0 Å². The number of hydrogen-bond acceptors (Lipinski definition) is 5. The highest BCUT2D eigenvalue weighted by atomic mass is 32.1. The third-order valence-corrected chi connectivity index (χ3v) is 4.22. The molecule has 0 saturated carbocycles. The van der Waals surface area contributed by atoms with Gasteiger partial charge in [0.05, 0.1) is 37.8 Å². The van der Waals surface area contributed by atoms with Gasteiger partial charge >= 0.3 is 0 Å². The maximum Gasteiger partial charge on any atom is 0.262 e. The predicted molar refractivity (Wildman–Crippen MR) is 85.5 cm³/mol. The fourth-order valence-corrected chi connectivity index (χ4v) is 3.00. The van der Waals surface area contributed by atoms with E-state index in [1.54, 1.807) is 30.9 Å². The highest BCUT2D eigenvalue weighted by Gasteiger charge is 2.18. The summed E-state index contributed by atoms with van der Waals surface area (Å²) in [5.74, 6) is 1.07. The molecule has 1 aromatic carbocycles. The SMILES string of the molecule is COc1cc2[nH]c(=S)n(C[C@@H]3CCCO3)c(=O)c2cc1OC. The van der Waals surface area contributed by atoms with Crippen molar-refractivity contribution >= 4 is 23.1 Å². The maximum atomic E-state index is 12.7. The summed E-state index contributed by atoms with van der Waals surface area (Å²) in [4.78, 5) is 15.8. The number of aromatic nitrogens is 2. The monoisotopic (exact) mass is 322 g/mol. The number of benzene rings is 1. The van der Waals surface area contributed by atoms with E-state index in [2.05, 4.69) is 4.98 Å². The van der Waals surface area contributed by atoms with Gasteiger partial charge < -0.3 is 19.2 Å². The Balaban J connectivity index is 2.14. The highest BCUT2D eigenvalue weighted by molar-refractivity contribution is 7.71. The van der Waals surface area contributed by atoms with Crippen molar-refractivity contribution in [2.45, 2.75) is 25.5 Å². The van der Waals surface area contributed by atoms with Gasteiger partial charge in [-0.1, -0.05) is 0 Å². The number of H-pyrrole nitrogens is 1. The molecule has 0 radical (unpaired) electrons. The number of fused-ring (bicyclic) bond motifs is 1. The average molecular weight is 322 g/mol. The molecule has 7 heteroatoms. The lowest BCUT2D eigenvalue weighted by Crippen LogP contribution is -2.28. The largest absolute Gasteiger partial charge is 0.493 e. The number of nitrogens with zero attached hydrogens (tertiary/aromatic N) is 1. The molecule has 2 heterocycles. The number of methoxy groups -OCH3 is 2. The standard InChI is InChI=1S/C15H18N2O4S/c1-19-12-6-10-11(7-13(12)20-2)16-15(22)17(14(10)18)8-9-4-3-5-21-9/h6-7,9H,3-5,8H2,1-2H3,(H,16,22)/t9-/m0/s1. The summed E-state index contributed by atoms with van der Waals surface area (Å²) >= 11 is 5.32. The van der Waals surface area contributed by atoms with E-state index in [1.807, 2.05) is 0 Å². The molecule has 1 aromatic heterocycles. The second-order valence-electron chi connectivity index (χ2n) is 5.23. The van der Waals surface area contributed by atoms with Gasteiger partial charge in [0.15, 0.2) is 16.3 Å². The lowest BCUT2D eigenvalue weighted by Gasteiger charge is -2.14. The van der Waals surface area contributed by atoms with E-state index >= 15 is 0 Å². The summed E-state index contributed by atoms with van der Waals surface area (Å²) in [6, 6.07) is 3.40. The van der Waals surface area contributed by atoms with Crippen LogP contribution in [0.2, 0.25) is 0 Å². The Bertz CT molecular complexity index is 806. The van der Waals surface area contributed by atoms with E-state index in [0.717, 1.165) is 19.4 Å². The van der Waals surface area contributed by atoms with Gasteiger partial charge in [-0.25, -0.2) is 0 Å². The van der Waals surface area contributed by atoms with E-state index in [1.165, 1.54) is 0 Å².